The Kier molecular flexibility index (Phi) is 8.02. The number of hydrogen-bond donors (Lipinski definition) is 1. The zero-order valence-corrected chi connectivity index (χ0v) is 20.8. The molecular formula is C29H30N4O3. The summed E-state index contributed by atoms with van der Waals surface area (Å²) >= 11 is 0. The maximum atomic E-state index is 12.8. The van der Waals surface area contributed by atoms with Crippen LogP contribution >= 0.6 is 0 Å². The summed E-state index contributed by atoms with van der Waals surface area (Å²) < 4.78 is 8.31. The average molecular weight is 483 g/mol. The maximum Gasteiger partial charge on any atom is 0.273 e. The molecule has 0 aliphatic rings. The van der Waals surface area contributed by atoms with Crippen molar-refractivity contribution in [1.29, 1.82) is 0 Å². The molecule has 0 bridgehead atoms. The van der Waals surface area contributed by atoms with Crippen LogP contribution in [0.3, 0.4) is 0 Å². The van der Waals surface area contributed by atoms with E-state index in [2.05, 4.69) is 27.4 Å². The van der Waals surface area contributed by atoms with Gasteiger partial charge in [-0.15, -0.1) is 0 Å². The number of ether oxygens (including phenoxy) is 1. The summed E-state index contributed by atoms with van der Waals surface area (Å²) in [5.41, 5.74) is 6.08. The lowest BCUT2D eigenvalue weighted by Crippen LogP contribution is -2.37. The molecule has 0 aliphatic heterocycles. The van der Waals surface area contributed by atoms with Crippen LogP contribution in [0.15, 0.2) is 77.8 Å². The maximum absolute atomic E-state index is 12.8. The Balaban J connectivity index is 1.84. The Morgan fingerprint density at radius 3 is 2.31 bits per heavy atom. The number of benzene rings is 3. The minimum Gasteiger partial charge on any atom is -0.371 e. The fourth-order valence-electron chi connectivity index (χ4n) is 4.19. The largest absolute Gasteiger partial charge is 0.371 e. The monoisotopic (exact) mass is 482 g/mol. The Hall–Kier alpha value is -4.10. The van der Waals surface area contributed by atoms with E-state index in [1.807, 2.05) is 79.1 Å². The van der Waals surface area contributed by atoms with Gasteiger partial charge in [0.15, 0.2) is 11.2 Å². The van der Waals surface area contributed by atoms with E-state index in [4.69, 9.17) is 4.74 Å². The topological polar surface area (TPSA) is 85.6 Å². The lowest BCUT2D eigenvalue weighted by Gasteiger charge is -2.22. The second-order valence-electron chi connectivity index (χ2n) is 8.74. The van der Waals surface area contributed by atoms with Gasteiger partial charge in [0.25, 0.3) is 5.91 Å². The average Bonchev–Trinajstić information content (AvgIpc) is 2.90. The van der Waals surface area contributed by atoms with Crippen molar-refractivity contribution in [1.82, 2.24) is 14.9 Å². The normalized spacial score (nSPS) is 12.5. The molecule has 184 valence electrons. The third kappa shape index (κ3) is 5.75. The van der Waals surface area contributed by atoms with Crippen LogP contribution in [-0.4, -0.2) is 35.0 Å². The molecule has 1 atom stereocenters. The Morgan fingerprint density at radius 2 is 1.67 bits per heavy atom. The predicted octanol–water partition coefficient (Wildman–Crippen LogP) is 3.90. The lowest BCUT2D eigenvalue weighted by molar-refractivity contribution is -0.107. The summed E-state index contributed by atoms with van der Waals surface area (Å²) in [5.74, 6) is -0.408. The summed E-state index contributed by atoms with van der Waals surface area (Å²) in [5, 5.41) is 2.62. The first-order valence-electron chi connectivity index (χ1n) is 11.9. The van der Waals surface area contributed by atoms with Crippen molar-refractivity contribution < 1.29 is 14.3 Å². The fourth-order valence-corrected chi connectivity index (χ4v) is 4.19. The zero-order chi connectivity index (χ0) is 25.5. The van der Waals surface area contributed by atoms with Crippen molar-refractivity contribution in [2.24, 2.45) is 4.99 Å². The van der Waals surface area contributed by atoms with E-state index >= 15 is 0 Å². The van der Waals surface area contributed by atoms with Crippen LogP contribution in [-0.2, 0) is 29.1 Å². The van der Waals surface area contributed by atoms with Gasteiger partial charge in [0.05, 0.1) is 30.3 Å². The first-order valence-corrected chi connectivity index (χ1v) is 11.9. The highest BCUT2D eigenvalue weighted by molar-refractivity contribution is 5.93. The molecule has 7 nitrogen and oxygen atoms in total. The molecule has 0 spiro atoms. The van der Waals surface area contributed by atoms with Crippen molar-refractivity contribution in [3.63, 3.8) is 0 Å². The molecule has 0 saturated carbocycles. The number of fused-ring (bicyclic) bond motifs is 1. The highest BCUT2D eigenvalue weighted by Gasteiger charge is 2.20. The van der Waals surface area contributed by atoms with E-state index in [0.717, 1.165) is 27.8 Å². The van der Waals surface area contributed by atoms with Crippen molar-refractivity contribution in [3.05, 3.63) is 106 Å². The first kappa shape index (κ1) is 25.0. The molecule has 2 amide bonds. The van der Waals surface area contributed by atoms with Gasteiger partial charge in [0.2, 0.25) is 6.41 Å². The molecule has 1 N–H and O–H groups in total. The third-order valence-corrected chi connectivity index (χ3v) is 6.22. The molecule has 1 heterocycles. The van der Waals surface area contributed by atoms with Gasteiger partial charge in [-0.25, -0.2) is 4.98 Å². The van der Waals surface area contributed by atoms with E-state index in [-0.39, 0.29) is 17.3 Å². The minimum atomic E-state index is -0.408. The Bertz CT molecular complexity index is 1430. The van der Waals surface area contributed by atoms with Crippen LogP contribution in [0.2, 0.25) is 0 Å². The molecule has 1 aromatic heterocycles. The highest BCUT2D eigenvalue weighted by atomic mass is 16.5. The Labute approximate surface area is 210 Å². The van der Waals surface area contributed by atoms with Gasteiger partial charge < -0.3 is 14.6 Å². The SMILES string of the molecule is CNC(=O)c1nc2cc(C)c(C)cc2n(CC(Cc2ccccc2)OCc2ccccc2)c1=NC=O. The van der Waals surface area contributed by atoms with Crippen LogP contribution in [0.25, 0.3) is 11.0 Å². The summed E-state index contributed by atoms with van der Waals surface area (Å²) in [6.45, 7) is 4.84. The Morgan fingerprint density at radius 1 is 1.03 bits per heavy atom. The number of rotatable bonds is 9. The van der Waals surface area contributed by atoms with E-state index in [1.54, 1.807) is 0 Å². The lowest BCUT2D eigenvalue weighted by atomic mass is 10.1. The minimum absolute atomic E-state index is 0.0990. The van der Waals surface area contributed by atoms with Crippen LogP contribution in [0.1, 0.15) is 32.7 Å². The number of carbonyl (C=O) groups excluding carboxylic acids is 2. The summed E-state index contributed by atoms with van der Waals surface area (Å²) in [4.78, 5) is 33.0. The van der Waals surface area contributed by atoms with Gasteiger partial charge in [-0.3, -0.25) is 9.59 Å². The number of nitrogens with zero attached hydrogens (tertiary/aromatic N) is 3. The second-order valence-corrected chi connectivity index (χ2v) is 8.74. The summed E-state index contributed by atoms with van der Waals surface area (Å²) in [6.07, 6.45) is 0.831. The van der Waals surface area contributed by atoms with E-state index in [1.165, 1.54) is 7.05 Å². The molecule has 0 saturated heterocycles. The highest BCUT2D eigenvalue weighted by Crippen LogP contribution is 2.19. The quantitative estimate of drug-likeness (QED) is 0.367. The number of hydrogen-bond acceptors (Lipinski definition) is 4. The third-order valence-electron chi connectivity index (χ3n) is 6.22. The molecule has 7 heteroatoms. The van der Waals surface area contributed by atoms with Gasteiger partial charge in [-0.2, -0.15) is 4.99 Å². The van der Waals surface area contributed by atoms with Crippen LogP contribution in [0.5, 0.6) is 0 Å². The zero-order valence-electron chi connectivity index (χ0n) is 20.8. The van der Waals surface area contributed by atoms with Gasteiger partial charge in [0, 0.05) is 13.5 Å². The van der Waals surface area contributed by atoms with E-state index in [9.17, 15) is 9.59 Å². The van der Waals surface area contributed by atoms with Crippen LogP contribution < -0.4 is 10.8 Å². The van der Waals surface area contributed by atoms with Gasteiger partial charge in [0.1, 0.15) is 0 Å². The van der Waals surface area contributed by atoms with Gasteiger partial charge >= 0.3 is 0 Å². The van der Waals surface area contributed by atoms with Gasteiger partial charge in [-0.05, 0) is 48.2 Å². The summed E-state index contributed by atoms with van der Waals surface area (Å²) in [6, 6.07) is 24.1. The second kappa shape index (κ2) is 11.6. The molecule has 4 rings (SSSR count). The number of aryl methyl sites for hydroxylation is 2. The summed E-state index contributed by atoms with van der Waals surface area (Å²) in [7, 11) is 1.53. The standard InChI is InChI=1S/C29H30N4O3/c1-20-14-25-26(15-21(20)2)33(28(31-19-34)27(32-25)29(35)30-3)17-24(16-22-10-6-4-7-11-22)36-18-23-12-8-5-9-13-23/h4-15,19,24H,16-18H2,1-3H3,(H,30,35). The van der Waals surface area contributed by atoms with E-state index in [0.29, 0.717) is 31.5 Å². The molecule has 4 aromatic rings. The molecular weight excluding hydrogens is 452 g/mol. The fraction of sp³-hybridized carbons (Fsp3) is 0.241. The van der Waals surface area contributed by atoms with Crippen molar-refractivity contribution in [2.45, 2.75) is 39.5 Å². The van der Waals surface area contributed by atoms with Crippen molar-refractivity contribution in [2.75, 3.05) is 7.05 Å². The van der Waals surface area contributed by atoms with E-state index < -0.39 is 5.91 Å². The smallest absolute Gasteiger partial charge is 0.273 e. The van der Waals surface area contributed by atoms with Crippen LogP contribution in [0, 0.1) is 13.8 Å². The van der Waals surface area contributed by atoms with Crippen molar-refractivity contribution in [3.8, 4) is 0 Å². The molecule has 3 aromatic carbocycles. The molecule has 1 unspecified atom stereocenters. The first-order chi connectivity index (χ1) is 17.5. The predicted molar refractivity (Wildman–Crippen MR) is 139 cm³/mol. The molecule has 0 fully saturated rings. The number of nitrogens with one attached hydrogen (secondary N) is 1. The molecule has 0 aliphatic carbocycles. The molecule has 0 radical (unpaired) electrons. The number of aromatic nitrogens is 2. The van der Waals surface area contributed by atoms with Crippen LogP contribution in [0.4, 0.5) is 0 Å². The van der Waals surface area contributed by atoms with Crippen molar-refractivity contribution >= 4 is 23.4 Å². The molecule has 36 heavy (non-hydrogen) atoms. The number of amides is 2. The van der Waals surface area contributed by atoms with Gasteiger partial charge in [-0.1, -0.05) is 60.7 Å². The number of carbonyl (C=O) groups is 2.